The summed E-state index contributed by atoms with van der Waals surface area (Å²) in [5.74, 6) is -0.0152. The fourth-order valence-electron chi connectivity index (χ4n) is 3.33. The molecule has 1 N–H and O–H groups in total. The number of benzene rings is 1. The molecule has 1 aliphatic heterocycles. The predicted octanol–water partition coefficient (Wildman–Crippen LogP) is 3.79. The second-order valence-corrected chi connectivity index (χ2v) is 6.68. The molecule has 0 spiro atoms. The van der Waals surface area contributed by atoms with Gasteiger partial charge in [-0.15, -0.1) is 0 Å². The molecule has 0 bridgehead atoms. The maximum atomic E-state index is 13.1. The number of anilines is 2. The van der Waals surface area contributed by atoms with Gasteiger partial charge in [0, 0.05) is 36.1 Å². The summed E-state index contributed by atoms with van der Waals surface area (Å²) >= 11 is 0. The smallest absolute Gasteiger partial charge is 0.257 e. The van der Waals surface area contributed by atoms with Gasteiger partial charge in [-0.05, 0) is 56.2 Å². The van der Waals surface area contributed by atoms with Crippen LogP contribution in [0.4, 0.5) is 11.4 Å². The number of likely N-dealkylation sites (tertiary alicyclic amines) is 1. The molecule has 0 radical (unpaired) electrons. The van der Waals surface area contributed by atoms with Crippen molar-refractivity contribution in [3.8, 4) is 6.07 Å². The van der Waals surface area contributed by atoms with Crippen molar-refractivity contribution in [1.29, 1.82) is 5.26 Å². The van der Waals surface area contributed by atoms with E-state index in [9.17, 15) is 4.79 Å². The third-order valence-electron chi connectivity index (χ3n) is 4.78. The van der Waals surface area contributed by atoms with Gasteiger partial charge in [-0.25, -0.2) is 9.97 Å². The minimum absolute atomic E-state index is 0.0152. The molecule has 3 heterocycles. The Bertz CT molecular complexity index is 1050. The maximum Gasteiger partial charge on any atom is 0.257 e. The number of aromatic nitrogens is 2. The summed E-state index contributed by atoms with van der Waals surface area (Å²) in [6, 6.07) is 13.1. The van der Waals surface area contributed by atoms with E-state index in [1.165, 1.54) is 0 Å². The first-order chi connectivity index (χ1) is 13.2. The van der Waals surface area contributed by atoms with Crippen LogP contribution in [-0.4, -0.2) is 33.9 Å². The highest BCUT2D eigenvalue weighted by molar-refractivity contribution is 6.07. The average molecular weight is 357 g/mol. The lowest BCUT2D eigenvalue weighted by atomic mass is 10.1. The highest BCUT2D eigenvalue weighted by Gasteiger charge is 2.24. The molecule has 0 atom stereocenters. The van der Waals surface area contributed by atoms with Crippen LogP contribution in [0.3, 0.4) is 0 Å². The van der Waals surface area contributed by atoms with E-state index >= 15 is 0 Å². The van der Waals surface area contributed by atoms with E-state index in [-0.39, 0.29) is 5.91 Å². The predicted molar refractivity (Wildman–Crippen MR) is 104 cm³/mol. The number of nitrogens with zero attached hydrogens (tertiary/aromatic N) is 4. The molecule has 6 heteroatoms. The molecular weight excluding hydrogens is 338 g/mol. The van der Waals surface area contributed by atoms with E-state index in [1.54, 1.807) is 18.3 Å². The number of hydrogen-bond donors (Lipinski definition) is 1. The molecule has 1 saturated heterocycles. The number of rotatable bonds is 3. The number of fused-ring (bicyclic) bond motifs is 1. The Morgan fingerprint density at radius 1 is 1.15 bits per heavy atom. The van der Waals surface area contributed by atoms with Gasteiger partial charge in [-0.1, -0.05) is 0 Å². The lowest BCUT2D eigenvalue weighted by molar-refractivity contribution is 0.0793. The van der Waals surface area contributed by atoms with Crippen molar-refractivity contribution < 1.29 is 4.79 Å². The zero-order valence-corrected chi connectivity index (χ0v) is 15.1. The molecule has 2 aromatic heterocycles. The molecule has 0 saturated carbocycles. The summed E-state index contributed by atoms with van der Waals surface area (Å²) in [4.78, 5) is 23.8. The van der Waals surface area contributed by atoms with Gasteiger partial charge >= 0.3 is 0 Å². The fraction of sp³-hybridized carbons (Fsp3) is 0.238. The van der Waals surface area contributed by atoms with Crippen molar-refractivity contribution in [3.05, 3.63) is 59.4 Å². The van der Waals surface area contributed by atoms with Gasteiger partial charge in [0.25, 0.3) is 5.91 Å². The van der Waals surface area contributed by atoms with Gasteiger partial charge in [-0.3, -0.25) is 4.79 Å². The second-order valence-electron chi connectivity index (χ2n) is 6.68. The lowest BCUT2D eigenvalue weighted by Crippen LogP contribution is -2.28. The number of carbonyl (C=O) groups excluding carboxylic acids is 1. The fourth-order valence-corrected chi connectivity index (χ4v) is 3.33. The van der Waals surface area contributed by atoms with Crippen LogP contribution in [0.25, 0.3) is 11.0 Å². The third-order valence-corrected chi connectivity index (χ3v) is 4.78. The summed E-state index contributed by atoms with van der Waals surface area (Å²) < 4.78 is 0. The van der Waals surface area contributed by atoms with Gasteiger partial charge in [0.15, 0.2) is 5.65 Å². The second kappa shape index (κ2) is 7.04. The molecule has 0 aliphatic carbocycles. The largest absolute Gasteiger partial charge is 0.354 e. The number of nitriles is 1. The molecule has 3 aromatic rings. The summed E-state index contributed by atoms with van der Waals surface area (Å²) in [5, 5.41) is 13.1. The number of pyridine rings is 2. The quantitative estimate of drug-likeness (QED) is 0.771. The summed E-state index contributed by atoms with van der Waals surface area (Å²) in [6.45, 7) is 3.47. The molecule has 6 nitrogen and oxygen atoms in total. The van der Waals surface area contributed by atoms with Crippen LogP contribution >= 0.6 is 0 Å². The number of aryl methyl sites for hydroxylation is 1. The van der Waals surface area contributed by atoms with Gasteiger partial charge < -0.3 is 10.2 Å². The number of carbonyl (C=O) groups is 1. The van der Waals surface area contributed by atoms with Gasteiger partial charge in [-0.2, -0.15) is 5.26 Å². The average Bonchev–Trinajstić information content (AvgIpc) is 3.23. The molecule has 0 unspecified atom stereocenters. The first kappa shape index (κ1) is 17.0. The molecule has 1 fully saturated rings. The monoisotopic (exact) mass is 357 g/mol. The molecule has 4 rings (SSSR count). The highest BCUT2D eigenvalue weighted by atomic mass is 16.2. The molecule has 1 aromatic carbocycles. The van der Waals surface area contributed by atoms with Crippen LogP contribution in [-0.2, 0) is 0 Å². The van der Waals surface area contributed by atoms with Gasteiger partial charge in [0.1, 0.15) is 0 Å². The van der Waals surface area contributed by atoms with Gasteiger partial charge in [0.05, 0.1) is 22.9 Å². The van der Waals surface area contributed by atoms with Crippen LogP contribution in [0.2, 0.25) is 0 Å². The summed E-state index contributed by atoms with van der Waals surface area (Å²) in [7, 11) is 0. The Labute approximate surface area is 157 Å². The van der Waals surface area contributed by atoms with E-state index in [2.05, 4.69) is 21.4 Å². The Balaban J connectivity index is 1.81. The van der Waals surface area contributed by atoms with E-state index in [1.807, 2.05) is 36.1 Å². The Hall–Kier alpha value is -3.46. The molecule has 134 valence electrons. The standard InChI is InChI=1S/C21H19N5O/c1-14-4-9-17-19(25-16-7-5-15(12-22)6-8-16)18(13-23-20(17)24-14)21(27)26-10-2-3-11-26/h4-9,13H,2-3,10-11H2,1H3,(H,23,24,25). The Morgan fingerprint density at radius 3 is 2.59 bits per heavy atom. The maximum absolute atomic E-state index is 13.1. The van der Waals surface area contributed by atoms with Crippen molar-refractivity contribution >= 4 is 28.3 Å². The highest BCUT2D eigenvalue weighted by Crippen LogP contribution is 2.30. The van der Waals surface area contributed by atoms with Crippen molar-refractivity contribution in [1.82, 2.24) is 14.9 Å². The number of nitrogens with one attached hydrogen (secondary N) is 1. The first-order valence-electron chi connectivity index (χ1n) is 8.98. The van der Waals surface area contributed by atoms with Crippen molar-refractivity contribution in [3.63, 3.8) is 0 Å². The minimum Gasteiger partial charge on any atom is -0.354 e. The van der Waals surface area contributed by atoms with Crippen LogP contribution in [0.1, 0.15) is 34.5 Å². The zero-order valence-electron chi connectivity index (χ0n) is 15.1. The Morgan fingerprint density at radius 2 is 1.89 bits per heavy atom. The van der Waals surface area contributed by atoms with Crippen LogP contribution in [0, 0.1) is 18.3 Å². The van der Waals surface area contributed by atoms with Crippen molar-refractivity contribution in [2.75, 3.05) is 18.4 Å². The van der Waals surface area contributed by atoms with Crippen LogP contribution in [0.15, 0.2) is 42.6 Å². The molecule has 1 aliphatic rings. The van der Waals surface area contributed by atoms with E-state index in [0.29, 0.717) is 22.5 Å². The third kappa shape index (κ3) is 3.32. The van der Waals surface area contributed by atoms with Crippen molar-refractivity contribution in [2.45, 2.75) is 19.8 Å². The number of hydrogen-bond acceptors (Lipinski definition) is 5. The van der Waals surface area contributed by atoms with E-state index < -0.39 is 0 Å². The zero-order chi connectivity index (χ0) is 18.8. The van der Waals surface area contributed by atoms with Gasteiger partial charge in [0.2, 0.25) is 0 Å². The van der Waals surface area contributed by atoms with Crippen LogP contribution < -0.4 is 5.32 Å². The first-order valence-corrected chi connectivity index (χ1v) is 8.98. The topological polar surface area (TPSA) is 81.9 Å². The molecule has 1 amide bonds. The van der Waals surface area contributed by atoms with E-state index in [4.69, 9.17) is 5.26 Å². The summed E-state index contributed by atoms with van der Waals surface area (Å²) in [6.07, 6.45) is 3.68. The lowest BCUT2D eigenvalue weighted by Gasteiger charge is -2.19. The van der Waals surface area contributed by atoms with E-state index in [0.717, 1.165) is 42.7 Å². The molecular formula is C21H19N5O. The van der Waals surface area contributed by atoms with Crippen molar-refractivity contribution in [2.24, 2.45) is 0 Å². The van der Waals surface area contributed by atoms with Crippen LogP contribution in [0.5, 0.6) is 0 Å². The normalized spacial score (nSPS) is 13.6. The number of amides is 1. The molecule has 27 heavy (non-hydrogen) atoms. The summed E-state index contributed by atoms with van der Waals surface area (Å²) in [5.41, 5.74) is 4.11. The Kier molecular flexibility index (Phi) is 4.43. The SMILES string of the molecule is Cc1ccc2c(Nc3ccc(C#N)cc3)c(C(=O)N3CCCC3)cnc2n1. The minimum atomic E-state index is -0.0152.